The van der Waals surface area contributed by atoms with Crippen LogP contribution in [-0.4, -0.2) is 28.5 Å². The van der Waals surface area contributed by atoms with Crippen LogP contribution in [0.4, 0.5) is 0 Å². The normalized spacial score (nSPS) is 35.6. The van der Waals surface area contributed by atoms with Gasteiger partial charge in [-0.3, -0.25) is 5.01 Å². The average molecular weight is 154 g/mol. The largest absolute Gasteiger partial charge is 0.390 e. The first-order chi connectivity index (χ1) is 5.09. The Kier molecular flexibility index (Phi) is 2.00. The lowest BCUT2D eigenvalue weighted by atomic mass is 9.77. The van der Waals surface area contributed by atoms with Crippen molar-refractivity contribution < 1.29 is 5.11 Å². The molecule has 1 saturated carbocycles. The molecular formula is C8H14N2O. The molecule has 0 bridgehead atoms. The number of aliphatic hydroxyl groups is 1. The Morgan fingerprint density at radius 1 is 1.73 bits per heavy atom. The summed E-state index contributed by atoms with van der Waals surface area (Å²) >= 11 is 0. The molecule has 0 aromatic heterocycles. The molecule has 1 rings (SSSR count). The summed E-state index contributed by atoms with van der Waals surface area (Å²) in [5, 5.41) is 14.8. The highest BCUT2D eigenvalue weighted by molar-refractivity contribution is 5.23. The summed E-state index contributed by atoms with van der Waals surface area (Å²) < 4.78 is 0. The number of hydrazone groups is 1. The second kappa shape index (κ2) is 2.66. The Morgan fingerprint density at radius 3 is 2.55 bits per heavy atom. The van der Waals surface area contributed by atoms with Gasteiger partial charge in [-0.15, -0.1) is 0 Å². The van der Waals surface area contributed by atoms with Crippen molar-refractivity contribution >= 4 is 6.72 Å². The van der Waals surface area contributed by atoms with Crippen molar-refractivity contribution in [1.82, 2.24) is 5.01 Å². The van der Waals surface area contributed by atoms with E-state index in [2.05, 4.69) is 18.4 Å². The molecule has 0 radical (unpaired) electrons. The van der Waals surface area contributed by atoms with E-state index >= 15 is 0 Å². The molecule has 1 N–H and O–H groups in total. The maximum Gasteiger partial charge on any atom is 0.0660 e. The number of nitrogens with zero attached hydrogens (tertiary/aromatic N) is 2. The van der Waals surface area contributed by atoms with Crippen molar-refractivity contribution in [2.45, 2.75) is 31.4 Å². The molecule has 0 saturated heterocycles. The fourth-order valence-electron chi connectivity index (χ4n) is 1.46. The van der Waals surface area contributed by atoms with Crippen molar-refractivity contribution in [3.05, 3.63) is 12.8 Å². The third kappa shape index (κ3) is 1.60. The van der Waals surface area contributed by atoms with Crippen molar-refractivity contribution in [3.8, 4) is 0 Å². The van der Waals surface area contributed by atoms with Gasteiger partial charge in [-0.1, -0.05) is 6.58 Å². The fraction of sp³-hybridized carbons (Fsp3) is 0.625. The van der Waals surface area contributed by atoms with Crippen molar-refractivity contribution in [2.75, 3.05) is 0 Å². The smallest absolute Gasteiger partial charge is 0.0660 e. The lowest BCUT2D eigenvalue weighted by molar-refractivity contribution is -0.0662. The third-order valence-electron chi connectivity index (χ3n) is 2.08. The van der Waals surface area contributed by atoms with Gasteiger partial charge in [-0.05, 0) is 19.8 Å². The number of hydrogen-bond donors (Lipinski definition) is 1. The number of rotatable bonds is 3. The van der Waals surface area contributed by atoms with E-state index in [1.807, 2.05) is 6.92 Å². The summed E-state index contributed by atoms with van der Waals surface area (Å²) in [5.74, 6) is 0. The maximum atomic E-state index is 9.40. The molecule has 1 aliphatic rings. The average Bonchev–Trinajstić information content (AvgIpc) is 1.86. The van der Waals surface area contributed by atoms with E-state index in [4.69, 9.17) is 0 Å². The molecule has 3 heteroatoms. The van der Waals surface area contributed by atoms with Gasteiger partial charge < -0.3 is 5.11 Å². The van der Waals surface area contributed by atoms with Crippen LogP contribution < -0.4 is 0 Å². The minimum atomic E-state index is -0.503. The monoisotopic (exact) mass is 154 g/mol. The van der Waals surface area contributed by atoms with Gasteiger partial charge in [0.2, 0.25) is 0 Å². The molecule has 62 valence electrons. The Morgan fingerprint density at radius 2 is 2.27 bits per heavy atom. The van der Waals surface area contributed by atoms with Crippen LogP contribution in [-0.2, 0) is 0 Å². The summed E-state index contributed by atoms with van der Waals surface area (Å²) in [6.45, 7) is 8.83. The predicted molar refractivity (Wildman–Crippen MR) is 45.2 cm³/mol. The highest BCUT2D eigenvalue weighted by Gasteiger charge is 2.40. The molecule has 1 aliphatic carbocycles. The van der Waals surface area contributed by atoms with Gasteiger partial charge >= 0.3 is 0 Å². The van der Waals surface area contributed by atoms with Gasteiger partial charge in [0, 0.05) is 12.9 Å². The zero-order chi connectivity index (χ0) is 8.48. The van der Waals surface area contributed by atoms with Gasteiger partial charge in [0.15, 0.2) is 0 Å². The zero-order valence-electron chi connectivity index (χ0n) is 6.82. The third-order valence-corrected chi connectivity index (χ3v) is 2.08. The van der Waals surface area contributed by atoms with Gasteiger partial charge in [-0.25, -0.2) is 0 Å². The second-order valence-corrected chi connectivity index (χ2v) is 3.26. The standard InChI is InChI=1S/C8H14N2O/c1-4-10(9-3)7-5-8(2,11)6-7/h4,7,11H,1,3,5-6H2,2H3. The van der Waals surface area contributed by atoms with Gasteiger partial charge in [0.05, 0.1) is 11.6 Å². The molecule has 0 aromatic rings. The maximum absolute atomic E-state index is 9.40. The molecule has 0 atom stereocenters. The lowest BCUT2D eigenvalue weighted by Crippen LogP contribution is -2.50. The molecule has 3 nitrogen and oxygen atoms in total. The van der Waals surface area contributed by atoms with E-state index in [0.29, 0.717) is 6.04 Å². The van der Waals surface area contributed by atoms with Gasteiger partial charge in [-0.2, -0.15) is 5.10 Å². The van der Waals surface area contributed by atoms with Crippen LogP contribution in [0.3, 0.4) is 0 Å². The molecule has 0 unspecified atom stereocenters. The van der Waals surface area contributed by atoms with Gasteiger partial charge in [0.1, 0.15) is 0 Å². The Bertz CT molecular complexity index is 161. The van der Waals surface area contributed by atoms with E-state index in [1.54, 1.807) is 11.2 Å². The molecule has 0 aliphatic heterocycles. The van der Waals surface area contributed by atoms with Crippen LogP contribution in [0.5, 0.6) is 0 Å². The first-order valence-electron chi connectivity index (χ1n) is 3.69. The van der Waals surface area contributed by atoms with Crippen LogP contribution in [0.2, 0.25) is 0 Å². The van der Waals surface area contributed by atoms with Gasteiger partial charge in [0.25, 0.3) is 0 Å². The summed E-state index contributed by atoms with van der Waals surface area (Å²) in [5.41, 5.74) is -0.503. The first kappa shape index (κ1) is 8.27. The lowest BCUT2D eigenvalue weighted by Gasteiger charge is -2.44. The van der Waals surface area contributed by atoms with E-state index in [9.17, 15) is 5.11 Å². The summed E-state index contributed by atoms with van der Waals surface area (Å²) in [7, 11) is 0. The molecule has 1 fully saturated rings. The molecule has 0 aromatic carbocycles. The Labute approximate surface area is 67.0 Å². The zero-order valence-corrected chi connectivity index (χ0v) is 6.82. The van der Waals surface area contributed by atoms with Crippen molar-refractivity contribution in [3.63, 3.8) is 0 Å². The van der Waals surface area contributed by atoms with Crippen molar-refractivity contribution in [2.24, 2.45) is 5.10 Å². The minimum absolute atomic E-state index is 0.292. The quantitative estimate of drug-likeness (QED) is 0.485. The highest BCUT2D eigenvalue weighted by Crippen LogP contribution is 2.35. The van der Waals surface area contributed by atoms with Crippen molar-refractivity contribution in [1.29, 1.82) is 0 Å². The fourth-order valence-corrected chi connectivity index (χ4v) is 1.46. The molecule has 0 spiro atoms. The summed E-state index contributed by atoms with van der Waals surface area (Å²) in [4.78, 5) is 0. The van der Waals surface area contributed by atoms with Crippen LogP contribution in [0, 0.1) is 0 Å². The SMILES string of the molecule is C=CN(N=C)C1CC(C)(O)C1. The Hall–Kier alpha value is -0.830. The second-order valence-electron chi connectivity index (χ2n) is 3.26. The predicted octanol–water partition coefficient (Wildman–Crippen LogP) is 0.961. The van der Waals surface area contributed by atoms with E-state index in [0.717, 1.165) is 12.8 Å². The van der Waals surface area contributed by atoms with E-state index in [1.165, 1.54) is 0 Å². The van der Waals surface area contributed by atoms with Crippen LogP contribution in [0.25, 0.3) is 0 Å². The Balaban J connectivity index is 2.41. The molecule has 0 heterocycles. The first-order valence-corrected chi connectivity index (χ1v) is 3.69. The van der Waals surface area contributed by atoms with Crippen LogP contribution in [0.15, 0.2) is 17.9 Å². The minimum Gasteiger partial charge on any atom is -0.390 e. The molecular weight excluding hydrogens is 140 g/mol. The van der Waals surface area contributed by atoms with Crippen LogP contribution >= 0.6 is 0 Å². The van der Waals surface area contributed by atoms with Crippen LogP contribution in [0.1, 0.15) is 19.8 Å². The summed E-state index contributed by atoms with van der Waals surface area (Å²) in [6, 6.07) is 0.292. The molecule has 0 amide bonds. The van der Waals surface area contributed by atoms with E-state index < -0.39 is 5.60 Å². The molecule has 11 heavy (non-hydrogen) atoms. The summed E-state index contributed by atoms with van der Waals surface area (Å²) in [6.07, 6.45) is 3.13. The van der Waals surface area contributed by atoms with E-state index in [-0.39, 0.29) is 0 Å². The highest BCUT2D eigenvalue weighted by atomic mass is 16.3. The topological polar surface area (TPSA) is 35.8 Å². The number of hydrogen-bond acceptors (Lipinski definition) is 3.